The van der Waals surface area contributed by atoms with Crippen molar-refractivity contribution in [2.24, 2.45) is 5.92 Å². The molecular weight excluding hydrogens is 352 g/mol. The van der Waals surface area contributed by atoms with Gasteiger partial charge in [-0.3, -0.25) is 9.59 Å². The maximum atomic E-state index is 12.6. The van der Waals surface area contributed by atoms with E-state index in [1.54, 1.807) is 12.1 Å². The summed E-state index contributed by atoms with van der Waals surface area (Å²) in [5.74, 6) is 1.02. The van der Waals surface area contributed by atoms with E-state index in [1.807, 2.05) is 36.4 Å². The van der Waals surface area contributed by atoms with Crippen molar-refractivity contribution in [3.05, 3.63) is 59.9 Å². The average molecular weight is 378 g/mol. The van der Waals surface area contributed by atoms with Gasteiger partial charge in [0.2, 0.25) is 11.8 Å². The molecule has 0 aliphatic rings. The van der Waals surface area contributed by atoms with E-state index < -0.39 is 0 Å². The average Bonchev–Trinajstić information content (AvgIpc) is 3.06. The predicted octanol–water partition coefficient (Wildman–Crippen LogP) is 3.97. The molecule has 0 aliphatic heterocycles. The van der Waals surface area contributed by atoms with Crippen LogP contribution in [0.3, 0.4) is 0 Å². The van der Waals surface area contributed by atoms with Crippen molar-refractivity contribution < 1.29 is 9.59 Å². The highest BCUT2D eigenvalue weighted by molar-refractivity contribution is 5.88. The summed E-state index contributed by atoms with van der Waals surface area (Å²) in [5.41, 5.74) is 3.47. The molecule has 146 valence electrons. The van der Waals surface area contributed by atoms with Crippen LogP contribution in [0.5, 0.6) is 0 Å². The SMILES string of the molecule is CC(=O)Nc1ccc(CC(=O)N[C@@H](CC(C)C)c2nc3ccccc3[nH]2)cc1. The topological polar surface area (TPSA) is 86.9 Å². The minimum Gasteiger partial charge on any atom is -0.346 e. The zero-order valence-corrected chi connectivity index (χ0v) is 16.5. The van der Waals surface area contributed by atoms with E-state index >= 15 is 0 Å². The molecule has 6 heteroatoms. The summed E-state index contributed by atoms with van der Waals surface area (Å²) < 4.78 is 0. The Morgan fingerprint density at radius 3 is 2.43 bits per heavy atom. The van der Waals surface area contributed by atoms with Crippen molar-refractivity contribution in [2.45, 2.75) is 39.7 Å². The summed E-state index contributed by atoms with van der Waals surface area (Å²) in [6.45, 7) is 5.72. The second-order valence-electron chi connectivity index (χ2n) is 7.44. The van der Waals surface area contributed by atoms with Crippen molar-refractivity contribution in [3.63, 3.8) is 0 Å². The molecule has 1 atom stereocenters. The number of fused-ring (bicyclic) bond motifs is 1. The first kappa shape index (κ1) is 19.6. The van der Waals surface area contributed by atoms with E-state index in [9.17, 15) is 9.59 Å². The zero-order valence-electron chi connectivity index (χ0n) is 16.5. The molecule has 0 unspecified atom stereocenters. The lowest BCUT2D eigenvalue weighted by atomic mass is 10.0. The van der Waals surface area contributed by atoms with Crippen LogP contribution in [0.4, 0.5) is 5.69 Å². The number of nitrogens with zero attached hydrogens (tertiary/aromatic N) is 1. The molecular formula is C22H26N4O2. The van der Waals surface area contributed by atoms with Gasteiger partial charge in [-0.15, -0.1) is 0 Å². The van der Waals surface area contributed by atoms with Crippen molar-refractivity contribution >= 4 is 28.5 Å². The van der Waals surface area contributed by atoms with Crippen LogP contribution in [0, 0.1) is 5.92 Å². The van der Waals surface area contributed by atoms with E-state index in [4.69, 9.17) is 0 Å². The van der Waals surface area contributed by atoms with Crippen LogP contribution in [-0.4, -0.2) is 21.8 Å². The molecule has 1 heterocycles. The molecule has 0 radical (unpaired) electrons. The predicted molar refractivity (Wildman–Crippen MR) is 111 cm³/mol. The van der Waals surface area contributed by atoms with E-state index in [-0.39, 0.29) is 24.3 Å². The third-order valence-corrected chi connectivity index (χ3v) is 4.42. The lowest BCUT2D eigenvalue weighted by Gasteiger charge is -2.19. The van der Waals surface area contributed by atoms with Crippen molar-refractivity contribution in [3.8, 4) is 0 Å². The largest absolute Gasteiger partial charge is 0.346 e. The minimum atomic E-state index is -0.168. The van der Waals surface area contributed by atoms with Gasteiger partial charge in [0, 0.05) is 12.6 Å². The van der Waals surface area contributed by atoms with Gasteiger partial charge in [-0.05, 0) is 42.2 Å². The first-order valence-corrected chi connectivity index (χ1v) is 9.51. The van der Waals surface area contributed by atoms with Crippen LogP contribution in [0.25, 0.3) is 11.0 Å². The molecule has 0 bridgehead atoms. The highest BCUT2D eigenvalue weighted by Gasteiger charge is 2.20. The van der Waals surface area contributed by atoms with Crippen LogP contribution >= 0.6 is 0 Å². The standard InChI is InChI=1S/C22H26N4O2/c1-14(2)12-20(22-25-18-6-4-5-7-19(18)26-22)24-21(28)13-16-8-10-17(11-9-16)23-15(3)27/h4-11,14,20H,12-13H2,1-3H3,(H,23,27)(H,24,28)(H,25,26)/t20-/m0/s1. The molecule has 1 aromatic heterocycles. The summed E-state index contributed by atoms with van der Waals surface area (Å²) in [6.07, 6.45) is 1.07. The summed E-state index contributed by atoms with van der Waals surface area (Å²) in [7, 11) is 0. The van der Waals surface area contributed by atoms with Gasteiger partial charge in [0.15, 0.2) is 0 Å². The van der Waals surface area contributed by atoms with Gasteiger partial charge in [0.1, 0.15) is 5.82 Å². The number of carbonyl (C=O) groups excluding carboxylic acids is 2. The highest BCUT2D eigenvalue weighted by Crippen LogP contribution is 2.22. The maximum Gasteiger partial charge on any atom is 0.225 e. The summed E-state index contributed by atoms with van der Waals surface area (Å²) in [4.78, 5) is 31.7. The van der Waals surface area contributed by atoms with E-state index in [1.165, 1.54) is 6.92 Å². The van der Waals surface area contributed by atoms with Gasteiger partial charge in [-0.25, -0.2) is 4.98 Å². The van der Waals surface area contributed by atoms with Gasteiger partial charge < -0.3 is 15.6 Å². The molecule has 0 saturated heterocycles. The molecule has 0 spiro atoms. The molecule has 6 nitrogen and oxygen atoms in total. The minimum absolute atomic E-state index is 0.0571. The molecule has 2 aromatic carbocycles. The first-order valence-electron chi connectivity index (χ1n) is 9.51. The van der Waals surface area contributed by atoms with Crippen LogP contribution < -0.4 is 10.6 Å². The molecule has 3 N–H and O–H groups in total. The van der Waals surface area contributed by atoms with Crippen molar-refractivity contribution in [1.29, 1.82) is 0 Å². The molecule has 3 rings (SSSR count). The Bertz CT molecular complexity index is 927. The number of hydrogen-bond donors (Lipinski definition) is 3. The number of aromatic nitrogens is 2. The van der Waals surface area contributed by atoms with E-state index in [0.717, 1.165) is 34.5 Å². The Morgan fingerprint density at radius 1 is 1.07 bits per heavy atom. The van der Waals surface area contributed by atoms with Gasteiger partial charge in [0.05, 0.1) is 23.5 Å². The fraction of sp³-hybridized carbons (Fsp3) is 0.318. The van der Waals surface area contributed by atoms with E-state index in [2.05, 4.69) is 34.4 Å². The van der Waals surface area contributed by atoms with Crippen LogP contribution in [-0.2, 0) is 16.0 Å². The highest BCUT2D eigenvalue weighted by atomic mass is 16.2. The van der Waals surface area contributed by atoms with Crippen LogP contribution in [0.15, 0.2) is 48.5 Å². The number of hydrogen-bond acceptors (Lipinski definition) is 3. The number of amides is 2. The number of benzene rings is 2. The Labute approximate surface area is 164 Å². The Hall–Kier alpha value is -3.15. The fourth-order valence-electron chi connectivity index (χ4n) is 3.19. The molecule has 0 aliphatic carbocycles. The van der Waals surface area contributed by atoms with Crippen LogP contribution in [0.1, 0.15) is 44.6 Å². The maximum absolute atomic E-state index is 12.6. The third-order valence-electron chi connectivity index (χ3n) is 4.42. The smallest absolute Gasteiger partial charge is 0.225 e. The monoisotopic (exact) mass is 378 g/mol. The number of carbonyl (C=O) groups is 2. The molecule has 0 fully saturated rings. The number of aromatic amines is 1. The Kier molecular flexibility index (Phi) is 6.09. The molecule has 28 heavy (non-hydrogen) atoms. The van der Waals surface area contributed by atoms with Crippen molar-refractivity contribution in [1.82, 2.24) is 15.3 Å². The van der Waals surface area contributed by atoms with Gasteiger partial charge in [-0.1, -0.05) is 38.1 Å². The molecule has 3 aromatic rings. The summed E-state index contributed by atoms with van der Waals surface area (Å²) in [5, 5.41) is 5.84. The van der Waals surface area contributed by atoms with Crippen molar-refractivity contribution in [2.75, 3.05) is 5.32 Å². The lowest BCUT2D eigenvalue weighted by molar-refractivity contribution is -0.121. The number of nitrogens with one attached hydrogen (secondary N) is 3. The Morgan fingerprint density at radius 2 is 1.79 bits per heavy atom. The first-order chi connectivity index (χ1) is 13.4. The van der Waals surface area contributed by atoms with Crippen LogP contribution in [0.2, 0.25) is 0 Å². The second-order valence-corrected chi connectivity index (χ2v) is 7.44. The lowest BCUT2D eigenvalue weighted by Crippen LogP contribution is -2.31. The quantitative estimate of drug-likeness (QED) is 0.581. The second kappa shape index (κ2) is 8.69. The van der Waals surface area contributed by atoms with Gasteiger partial charge in [-0.2, -0.15) is 0 Å². The number of rotatable bonds is 7. The zero-order chi connectivity index (χ0) is 20.1. The normalized spacial score (nSPS) is 12.1. The number of anilines is 1. The number of H-pyrrole nitrogens is 1. The molecule has 2 amide bonds. The van der Waals surface area contributed by atoms with E-state index in [0.29, 0.717) is 5.92 Å². The Balaban J connectivity index is 1.70. The summed E-state index contributed by atoms with van der Waals surface area (Å²) >= 11 is 0. The number of imidazole rings is 1. The van der Waals surface area contributed by atoms with Gasteiger partial charge in [0.25, 0.3) is 0 Å². The van der Waals surface area contributed by atoms with Gasteiger partial charge >= 0.3 is 0 Å². The fourth-order valence-corrected chi connectivity index (χ4v) is 3.19. The number of para-hydroxylation sites is 2. The summed E-state index contributed by atoms with van der Waals surface area (Å²) in [6, 6.07) is 15.0. The third kappa shape index (κ3) is 5.19. The molecule has 0 saturated carbocycles.